The van der Waals surface area contributed by atoms with Gasteiger partial charge < -0.3 is 9.52 Å². The Balaban J connectivity index is 2.16. The van der Waals surface area contributed by atoms with E-state index in [4.69, 9.17) is 9.52 Å². The number of hydrogen-bond acceptors (Lipinski definition) is 5. The first-order chi connectivity index (χ1) is 9.97. The fourth-order valence-corrected chi connectivity index (χ4v) is 2.51. The van der Waals surface area contributed by atoms with Gasteiger partial charge in [-0.25, -0.2) is 17.9 Å². The molecule has 0 saturated carbocycles. The Morgan fingerprint density at radius 2 is 2.24 bits per heavy atom. The van der Waals surface area contributed by atoms with Gasteiger partial charge >= 0.3 is 5.97 Å². The third-order valence-corrected chi connectivity index (χ3v) is 3.88. The lowest BCUT2D eigenvalue weighted by Crippen LogP contribution is -2.23. The van der Waals surface area contributed by atoms with E-state index in [1.54, 1.807) is 6.07 Å². The number of pyridine rings is 1. The summed E-state index contributed by atoms with van der Waals surface area (Å²) < 4.78 is 31.4. The first-order valence-corrected chi connectivity index (χ1v) is 7.32. The summed E-state index contributed by atoms with van der Waals surface area (Å²) in [5.74, 6) is -1.12. The zero-order chi connectivity index (χ0) is 15.3. The number of aliphatic carboxylic acids is 1. The fraction of sp³-hybridized carbons (Fsp3) is 0.0769. The monoisotopic (exact) mass is 308 g/mol. The summed E-state index contributed by atoms with van der Waals surface area (Å²) in [5.41, 5.74) is 1.07. The molecule has 0 bridgehead atoms. The van der Waals surface area contributed by atoms with Gasteiger partial charge in [-0.2, -0.15) is 0 Å². The largest absolute Gasteiger partial charge is 0.478 e. The average molecular weight is 308 g/mol. The molecule has 7 nitrogen and oxygen atoms in total. The number of furan rings is 1. The summed E-state index contributed by atoms with van der Waals surface area (Å²) in [7, 11) is -3.73. The lowest BCUT2D eigenvalue weighted by molar-refractivity contribution is -0.131. The lowest BCUT2D eigenvalue weighted by atomic mass is 10.2. The lowest BCUT2D eigenvalue weighted by Gasteiger charge is -2.05. The Labute approximate surface area is 121 Å². The highest BCUT2D eigenvalue weighted by atomic mass is 32.2. The highest BCUT2D eigenvalue weighted by molar-refractivity contribution is 7.89. The predicted octanol–water partition coefficient (Wildman–Crippen LogP) is 1.25. The van der Waals surface area contributed by atoms with Crippen LogP contribution in [0.3, 0.4) is 0 Å². The molecule has 2 aromatic heterocycles. The van der Waals surface area contributed by atoms with Gasteiger partial charge in [0, 0.05) is 30.6 Å². The Morgan fingerprint density at radius 1 is 1.43 bits per heavy atom. The SMILES string of the molecule is O=C(O)/C=C/c1cncc(S(=O)(=O)NCc2ccoc2)c1. The fourth-order valence-electron chi connectivity index (χ4n) is 1.50. The molecule has 2 N–H and O–H groups in total. The standard InChI is InChI=1S/C13H12N2O5S/c16-13(17)2-1-10-5-12(8-14-6-10)21(18,19)15-7-11-3-4-20-9-11/h1-6,8-9,15H,7H2,(H,16,17)/b2-1+. The van der Waals surface area contributed by atoms with E-state index in [2.05, 4.69) is 9.71 Å². The van der Waals surface area contributed by atoms with Crippen LogP contribution in [0.2, 0.25) is 0 Å². The summed E-state index contributed by atoms with van der Waals surface area (Å²) in [5, 5.41) is 8.55. The number of nitrogens with one attached hydrogen (secondary N) is 1. The van der Waals surface area contributed by atoms with Crippen LogP contribution in [0, 0.1) is 0 Å². The molecule has 0 atom stereocenters. The van der Waals surface area contributed by atoms with E-state index < -0.39 is 16.0 Å². The summed E-state index contributed by atoms with van der Waals surface area (Å²) in [6.45, 7) is 0.0913. The maximum atomic E-state index is 12.1. The van der Waals surface area contributed by atoms with Crippen LogP contribution in [0.4, 0.5) is 0 Å². The smallest absolute Gasteiger partial charge is 0.328 e. The summed E-state index contributed by atoms with van der Waals surface area (Å²) >= 11 is 0. The molecule has 8 heteroatoms. The van der Waals surface area contributed by atoms with E-state index in [0.717, 1.165) is 6.08 Å². The maximum Gasteiger partial charge on any atom is 0.328 e. The molecule has 0 aliphatic carbocycles. The van der Waals surface area contributed by atoms with Gasteiger partial charge in [0.25, 0.3) is 0 Å². The molecular weight excluding hydrogens is 296 g/mol. The summed E-state index contributed by atoms with van der Waals surface area (Å²) in [4.78, 5) is 14.2. The normalized spacial score (nSPS) is 11.8. The van der Waals surface area contributed by atoms with Gasteiger partial charge in [0.2, 0.25) is 10.0 Å². The van der Waals surface area contributed by atoms with Crippen LogP contribution in [0.15, 0.2) is 52.4 Å². The second kappa shape index (κ2) is 6.33. The minimum absolute atomic E-state index is 0.0430. The molecule has 0 saturated heterocycles. The van der Waals surface area contributed by atoms with E-state index in [9.17, 15) is 13.2 Å². The molecule has 0 radical (unpaired) electrons. The topological polar surface area (TPSA) is 109 Å². The van der Waals surface area contributed by atoms with Gasteiger partial charge in [0.05, 0.1) is 12.5 Å². The Bertz CT molecular complexity index is 751. The van der Waals surface area contributed by atoms with Gasteiger partial charge in [-0.1, -0.05) is 0 Å². The Hall–Kier alpha value is -2.45. The molecule has 2 heterocycles. The Morgan fingerprint density at radius 3 is 2.90 bits per heavy atom. The minimum Gasteiger partial charge on any atom is -0.478 e. The average Bonchev–Trinajstić information content (AvgIpc) is 2.97. The molecule has 2 aromatic rings. The van der Waals surface area contributed by atoms with Gasteiger partial charge in [-0.3, -0.25) is 4.98 Å². The number of rotatable bonds is 6. The number of aromatic nitrogens is 1. The summed E-state index contributed by atoms with van der Waals surface area (Å²) in [6.07, 6.45) is 7.62. The molecule has 110 valence electrons. The van der Waals surface area contributed by atoms with Gasteiger partial charge in [0.15, 0.2) is 0 Å². The number of carboxylic acid groups (broad SMARTS) is 1. The van der Waals surface area contributed by atoms with Gasteiger partial charge in [-0.15, -0.1) is 0 Å². The molecular formula is C13H12N2O5S. The van der Waals surface area contributed by atoms with Crippen LogP contribution in [-0.2, 0) is 21.4 Å². The van der Waals surface area contributed by atoms with E-state index in [1.165, 1.54) is 37.1 Å². The second-order valence-electron chi connectivity index (χ2n) is 4.08. The number of hydrogen-bond donors (Lipinski definition) is 2. The van der Waals surface area contributed by atoms with Crippen molar-refractivity contribution in [2.75, 3.05) is 0 Å². The number of carbonyl (C=O) groups is 1. The van der Waals surface area contributed by atoms with Crippen molar-refractivity contribution >= 4 is 22.1 Å². The molecule has 0 fully saturated rings. The number of carboxylic acids is 1. The van der Waals surface area contributed by atoms with Crippen molar-refractivity contribution in [1.82, 2.24) is 9.71 Å². The minimum atomic E-state index is -3.73. The third kappa shape index (κ3) is 4.26. The molecule has 0 aliphatic heterocycles. The van der Waals surface area contributed by atoms with Gasteiger partial charge in [-0.05, 0) is 23.8 Å². The molecule has 0 amide bonds. The first kappa shape index (κ1) is 14.9. The van der Waals surface area contributed by atoms with Crippen molar-refractivity contribution in [3.05, 3.63) is 54.3 Å². The van der Waals surface area contributed by atoms with E-state index in [1.807, 2.05) is 0 Å². The van der Waals surface area contributed by atoms with Crippen molar-refractivity contribution in [3.8, 4) is 0 Å². The van der Waals surface area contributed by atoms with Crippen molar-refractivity contribution < 1.29 is 22.7 Å². The van der Waals surface area contributed by atoms with Crippen LogP contribution >= 0.6 is 0 Å². The number of sulfonamides is 1. The zero-order valence-electron chi connectivity index (χ0n) is 10.8. The van der Waals surface area contributed by atoms with E-state index in [0.29, 0.717) is 11.1 Å². The van der Waals surface area contributed by atoms with Gasteiger partial charge in [0.1, 0.15) is 4.90 Å². The van der Waals surface area contributed by atoms with Crippen molar-refractivity contribution in [2.24, 2.45) is 0 Å². The number of nitrogens with zero attached hydrogens (tertiary/aromatic N) is 1. The maximum absolute atomic E-state index is 12.1. The highest BCUT2D eigenvalue weighted by Crippen LogP contribution is 2.12. The van der Waals surface area contributed by atoms with Crippen LogP contribution < -0.4 is 4.72 Å². The summed E-state index contributed by atoms with van der Waals surface area (Å²) in [6, 6.07) is 2.98. The quantitative estimate of drug-likeness (QED) is 0.777. The molecule has 0 aliphatic rings. The second-order valence-corrected chi connectivity index (χ2v) is 5.85. The zero-order valence-corrected chi connectivity index (χ0v) is 11.6. The van der Waals surface area contributed by atoms with Crippen molar-refractivity contribution in [1.29, 1.82) is 0 Å². The molecule has 21 heavy (non-hydrogen) atoms. The molecule has 0 unspecified atom stereocenters. The highest BCUT2D eigenvalue weighted by Gasteiger charge is 2.14. The van der Waals surface area contributed by atoms with Crippen molar-refractivity contribution in [3.63, 3.8) is 0 Å². The van der Waals surface area contributed by atoms with E-state index in [-0.39, 0.29) is 11.4 Å². The van der Waals surface area contributed by atoms with Crippen molar-refractivity contribution in [2.45, 2.75) is 11.4 Å². The van der Waals surface area contributed by atoms with Crippen LogP contribution in [-0.4, -0.2) is 24.5 Å². The van der Waals surface area contributed by atoms with E-state index >= 15 is 0 Å². The Kier molecular flexibility index (Phi) is 4.51. The van der Waals surface area contributed by atoms with Crippen LogP contribution in [0.5, 0.6) is 0 Å². The van der Waals surface area contributed by atoms with Crippen LogP contribution in [0.1, 0.15) is 11.1 Å². The first-order valence-electron chi connectivity index (χ1n) is 5.84. The third-order valence-electron chi connectivity index (χ3n) is 2.51. The molecule has 0 spiro atoms. The van der Waals surface area contributed by atoms with Crippen LogP contribution in [0.25, 0.3) is 6.08 Å². The molecule has 0 aromatic carbocycles. The predicted molar refractivity (Wildman–Crippen MR) is 73.6 cm³/mol. The molecule has 2 rings (SSSR count).